The van der Waals surface area contributed by atoms with Gasteiger partial charge in [0.2, 0.25) is 0 Å². The van der Waals surface area contributed by atoms with Crippen molar-refractivity contribution < 1.29 is 5.11 Å². The number of nitrogen functional groups attached to an aromatic ring is 1. The number of benzene rings is 1. The quantitative estimate of drug-likeness (QED) is 0.568. The summed E-state index contributed by atoms with van der Waals surface area (Å²) in [5.41, 5.74) is 7.00. The van der Waals surface area contributed by atoms with Crippen molar-refractivity contribution >= 4 is 5.69 Å². The van der Waals surface area contributed by atoms with Crippen LogP contribution >= 0.6 is 0 Å². The molecule has 1 aromatic rings. The van der Waals surface area contributed by atoms with Crippen molar-refractivity contribution in [3.63, 3.8) is 0 Å². The van der Waals surface area contributed by atoms with Crippen molar-refractivity contribution in [1.82, 2.24) is 4.90 Å². The molecule has 1 aromatic carbocycles. The predicted molar refractivity (Wildman–Crippen MR) is 68.2 cm³/mol. The maximum atomic E-state index is 9.72. The molecule has 86 valence electrons. The van der Waals surface area contributed by atoms with Gasteiger partial charge in [-0.1, -0.05) is 18.2 Å². The molecule has 0 aromatic heterocycles. The van der Waals surface area contributed by atoms with E-state index in [1.165, 1.54) is 0 Å². The molecule has 16 heavy (non-hydrogen) atoms. The molecule has 0 bridgehead atoms. The van der Waals surface area contributed by atoms with Gasteiger partial charge in [0.25, 0.3) is 0 Å². The van der Waals surface area contributed by atoms with Crippen LogP contribution in [0.25, 0.3) is 0 Å². The Labute approximate surface area is 96.5 Å². The normalized spacial score (nSPS) is 10.3. The van der Waals surface area contributed by atoms with Crippen LogP contribution in [0.5, 0.6) is 5.75 Å². The van der Waals surface area contributed by atoms with Gasteiger partial charge in [-0.15, -0.1) is 13.2 Å². The first kappa shape index (κ1) is 12.3. The number of rotatable bonds is 6. The molecule has 3 heteroatoms. The van der Waals surface area contributed by atoms with Gasteiger partial charge in [0.05, 0.1) is 0 Å². The summed E-state index contributed by atoms with van der Waals surface area (Å²) in [6, 6.07) is 5.19. The average Bonchev–Trinajstić information content (AvgIpc) is 2.23. The number of phenolic OH excluding ortho intramolecular Hbond substituents is 1. The molecule has 0 fully saturated rings. The zero-order chi connectivity index (χ0) is 12.0. The second kappa shape index (κ2) is 5.98. The Hall–Kier alpha value is -1.74. The van der Waals surface area contributed by atoms with Crippen LogP contribution in [-0.2, 0) is 6.54 Å². The third kappa shape index (κ3) is 3.44. The zero-order valence-electron chi connectivity index (χ0n) is 9.39. The van der Waals surface area contributed by atoms with Crippen LogP contribution in [0.1, 0.15) is 5.56 Å². The van der Waals surface area contributed by atoms with Gasteiger partial charge < -0.3 is 10.8 Å². The van der Waals surface area contributed by atoms with E-state index in [9.17, 15) is 5.11 Å². The molecule has 0 spiro atoms. The molecule has 0 aliphatic carbocycles. The van der Waals surface area contributed by atoms with E-state index in [0.29, 0.717) is 12.2 Å². The molecule has 0 unspecified atom stereocenters. The molecular weight excluding hydrogens is 200 g/mol. The lowest BCUT2D eigenvalue weighted by molar-refractivity contribution is 0.321. The maximum Gasteiger partial charge on any atom is 0.122 e. The second-order valence-corrected chi connectivity index (χ2v) is 3.66. The van der Waals surface area contributed by atoms with E-state index in [1.807, 2.05) is 18.2 Å². The van der Waals surface area contributed by atoms with Gasteiger partial charge in [-0.25, -0.2) is 0 Å². The highest BCUT2D eigenvalue weighted by molar-refractivity contribution is 5.47. The van der Waals surface area contributed by atoms with Gasteiger partial charge in [0, 0.05) is 37.0 Å². The molecule has 0 amide bonds. The minimum Gasteiger partial charge on any atom is -0.508 e. The van der Waals surface area contributed by atoms with E-state index in [-0.39, 0.29) is 5.75 Å². The first-order valence-corrected chi connectivity index (χ1v) is 5.19. The minimum absolute atomic E-state index is 0.234. The molecule has 0 aliphatic rings. The fourth-order valence-corrected chi connectivity index (χ4v) is 1.52. The van der Waals surface area contributed by atoms with E-state index in [1.54, 1.807) is 12.1 Å². The van der Waals surface area contributed by atoms with Crippen LogP contribution in [0.3, 0.4) is 0 Å². The third-order valence-electron chi connectivity index (χ3n) is 2.28. The number of nitrogens with two attached hydrogens (primary N) is 1. The highest BCUT2D eigenvalue weighted by Crippen LogP contribution is 2.21. The SMILES string of the molecule is C=CCN(CC=C)Cc1ccc(N)cc1O. The Morgan fingerprint density at radius 3 is 2.38 bits per heavy atom. The van der Waals surface area contributed by atoms with Crippen molar-refractivity contribution in [3.05, 3.63) is 49.1 Å². The average molecular weight is 218 g/mol. The largest absolute Gasteiger partial charge is 0.508 e. The summed E-state index contributed by atoms with van der Waals surface area (Å²) in [6.45, 7) is 9.58. The highest BCUT2D eigenvalue weighted by Gasteiger charge is 2.06. The fourth-order valence-electron chi connectivity index (χ4n) is 1.52. The van der Waals surface area contributed by atoms with Crippen LogP contribution in [-0.4, -0.2) is 23.1 Å². The van der Waals surface area contributed by atoms with Crippen molar-refractivity contribution in [2.45, 2.75) is 6.54 Å². The summed E-state index contributed by atoms with van der Waals surface area (Å²) in [6.07, 6.45) is 3.66. The summed E-state index contributed by atoms with van der Waals surface area (Å²) in [7, 11) is 0. The van der Waals surface area contributed by atoms with Crippen LogP contribution in [0.4, 0.5) is 5.69 Å². The van der Waals surface area contributed by atoms with Gasteiger partial charge in [-0.3, -0.25) is 4.90 Å². The smallest absolute Gasteiger partial charge is 0.122 e. The molecule has 0 heterocycles. The Bertz CT molecular complexity index is 364. The van der Waals surface area contributed by atoms with Crippen LogP contribution in [0, 0.1) is 0 Å². The molecule has 0 saturated carbocycles. The fraction of sp³-hybridized carbons (Fsp3) is 0.231. The standard InChI is InChI=1S/C13H18N2O/c1-3-7-15(8-4-2)10-11-5-6-12(14)9-13(11)16/h3-6,9,16H,1-2,7-8,10,14H2. The summed E-state index contributed by atoms with van der Waals surface area (Å²) in [5.74, 6) is 0.234. The molecule has 3 N–H and O–H groups in total. The number of phenols is 1. The van der Waals surface area contributed by atoms with Gasteiger partial charge in [-0.2, -0.15) is 0 Å². The lowest BCUT2D eigenvalue weighted by Crippen LogP contribution is -2.23. The maximum absolute atomic E-state index is 9.72. The van der Waals surface area contributed by atoms with E-state index < -0.39 is 0 Å². The lowest BCUT2D eigenvalue weighted by Gasteiger charge is -2.19. The van der Waals surface area contributed by atoms with Crippen LogP contribution < -0.4 is 5.73 Å². The number of nitrogens with zero attached hydrogens (tertiary/aromatic N) is 1. The lowest BCUT2D eigenvalue weighted by atomic mass is 10.1. The van der Waals surface area contributed by atoms with Crippen LogP contribution in [0.2, 0.25) is 0 Å². The van der Waals surface area contributed by atoms with E-state index >= 15 is 0 Å². The van der Waals surface area contributed by atoms with Crippen molar-refractivity contribution in [2.75, 3.05) is 18.8 Å². The summed E-state index contributed by atoms with van der Waals surface area (Å²) in [4.78, 5) is 2.12. The first-order chi connectivity index (χ1) is 7.67. The molecule has 0 saturated heterocycles. The molecule has 0 radical (unpaired) electrons. The molecule has 0 atom stereocenters. The van der Waals surface area contributed by atoms with Crippen molar-refractivity contribution in [2.24, 2.45) is 0 Å². The van der Waals surface area contributed by atoms with Gasteiger partial charge in [0.1, 0.15) is 5.75 Å². The Kier molecular flexibility index (Phi) is 4.61. The first-order valence-electron chi connectivity index (χ1n) is 5.19. The number of anilines is 1. The van der Waals surface area contributed by atoms with Gasteiger partial charge in [0.15, 0.2) is 0 Å². The number of hydrogen-bond acceptors (Lipinski definition) is 3. The third-order valence-corrected chi connectivity index (χ3v) is 2.28. The Morgan fingerprint density at radius 2 is 1.88 bits per heavy atom. The van der Waals surface area contributed by atoms with E-state index in [4.69, 9.17) is 5.73 Å². The molecular formula is C13H18N2O. The predicted octanol–water partition coefficient (Wildman–Crippen LogP) is 2.15. The molecule has 1 rings (SSSR count). The summed E-state index contributed by atoms with van der Waals surface area (Å²) >= 11 is 0. The highest BCUT2D eigenvalue weighted by atomic mass is 16.3. The molecule has 0 aliphatic heterocycles. The minimum atomic E-state index is 0.234. The second-order valence-electron chi connectivity index (χ2n) is 3.66. The van der Waals surface area contributed by atoms with E-state index in [2.05, 4.69) is 18.1 Å². The topological polar surface area (TPSA) is 49.5 Å². The summed E-state index contributed by atoms with van der Waals surface area (Å²) < 4.78 is 0. The monoisotopic (exact) mass is 218 g/mol. The zero-order valence-corrected chi connectivity index (χ0v) is 9.39. The van der Waals surface area contributed by atoms with Crippen molar-refractivity contribution in [1.29, 1.82) is 0 Å². The van der Waals surface area contributed by atoms with E-state index in [0.717, 1.165) is 18.7 Å². The number of aromatic hydroxyl groups is 1. The number of hydrogen-bond donors (Lipinski definition) is 2. The van der Waals surface area contributed by atoms with Crippen LogP contribution in [0.15, 0.2) is 43.5 Å². The Morgan fingerprint density at radius 1 is 1.25 bits per heavy atom. The van der Waals surface area contributed by atoms with Crippen molar-refractivity contribution in [3.8, 4) is 5.75 Å². The Balaban J connectivity index is 2.75. The van der Waals surface area contributed by atoms with Gasteiger partial charge >= 0.3 is 0 Å². The van der Waals surface area contributed by atoms with Gasteiger partial charge in [-0.05, 0) is 6.07 Å². The summed E-state index contributed by atoms with van der Waals surface area (Å²) in [5, 5.41) is 9.72. The molecule has 3 nitrogen and oxygen atoms in total.